The highest BCUT2D eigenvalue weighted by atomic mass is 33.1. The standard InChI is InChI=1S/CH6O5P2S/c1-7(2,3)9-8(4,5)6/h1H3,(H,2,3)(H2,4,5,6). The van der Waals surface area contributed by atoms with Crippen LogP contribution in [0.2, 0.25) is 0 Å². The minimum atomic E-state index is -4.38. The summed E-state index contributed by atoms with van der Waals surface area (Å²) in [6, 6.07) is 0. The summed E-state index contributed by atoms with van der Waals surface area (Å²) in [6.07, 6.45) is 0. The van der Waals surface area contributed by atoms with Gasteiger partial charge in [0.05, 0.1) is 11.0 Å². The molecule has 0 aliphatic carbocycles. The summed E-state index contributed by atoms with van der Waals surface area (Å²) in [5.41, 5.74) is 0. The normalized spacial score (nSPS) is 19.1. The van der Waals surface area contributed by atoms with Crippen molar-refractivity contribution in [3.63, 3.8) is 0 Å². The van der Waals surface area contributed by atoms with Gasteiger partial charge in [-0.15, -0.1) is 0 Å². The maximum atomic E-state index is 10.3. The highest BCUT2D eigenvalue weighted by molar-refractivity contribution is 8.85. The molecule has 0 spiro atoms. The second kappa shape index (κ2) is 2.74. The first-order valence-electron chi connectivity index (χ1n) is 1.78. The zero-order valence-corrected chi connectivity index (χ0v) is 7.07. The molecule has 0 bridgehead atoms. The Balaban J connectivity index is 4.07. The molecule has 0 saturated heterocycles. The van der Waals surface area contributed by atoms with Crippen molar-refractivity contribution < 1.29 is 23.8 Å². The van der Waals surface area contributed by atoms with Crippen LogP contribution in [0.1, 0.15) is 0 Å². The summed E-state index contributed by atoms with van der Waals surface area (Å²) < 4.78 is 20.2. The van der Waals surface area contributed by atoms with Crippen molar-refractivity contribution in [3.05, 3.63) is 0 Å². The van der Waals surface area contributed by atoms with Gasteiger partial charge in [-0.1, -0.05) is 0 Å². The summed E-state index contributed by atoms with van der Waals surface area (Å²) in [5.74, 6) is 0. The lowest BCUT2D eigenvalue weighted by Crippen LogP contribution is -1.70. The third-order valence-electron chi connectivity index (χ3n) is 0.258. The molecule has 9 heavy (non-hydrogen) atoms. The van der Waals surface area contributed by atoms with Gasteiger partial charge in [0.1, 0.15) is 0 Å². The fourth-order valence-electron chi connectivity index (χ4n) is 0.197. The lowest BCUT2D eigenvalue weighted by Gasteiger charge is -2.03. The Morgan fingerprint density at radius 2 is 1.56 bits per heavy atom. The monoisotopic (exact) mass is 192 g/mol. The first kappa shape index (κ1) is 9.69. The van der Waals surface area contributed by atoms with E-state index in [1.807, 2.05) is 0 Å². The zero-order chi connectivity index (χ0) is 7.71. The molecule has 56 valence electrons. The predicted octanol–water partition coefficient (Wildman–Crippen LogP) is 0.627. The van der Waals surface area contributed by atoms with Gasteiger partial charge < -0.3 is 14.7 Å². The largest absolute Gasteiger partial charge is 0.393 e. The highest BCUT2D eigenvalue weighted by Crippen LogP contribution is 2.70. The Morgan fingerprint density at radius 1 is 1.22 bits per heavy atom. The summed E-state index contributed by atoms with van der Waals surface area (Å²) in [4.78, 5) is 24.6. The first-order chi connectivity index (χ1) is 3.71. The summed E-state index contributed by atoms with van der Waals surface area (Å²) in [5, 5.41) is 0. The average molecular weight is 192 g/mol. The Morgan fingerprint density at radius 3 is 1.56 bits per heavy atom. The van der Waals surface area contributed by atoms with Gasteiger partial charge in [0.2, 0.25) is 0 Å². The van der Waals surface area contributed by atoms with E-state index in [1.165, 1.54) is 0 Å². The molecular weight excluding hydrogens is 186 g/mol. The number of rotatable bonds is 2. The third kappa shape index (κ3) is 8.69. The Hall–Kier alpha value is 0.690. The maximum absolute atomic E-state index is 10.3. The SMILES string of the molecule is CP(=O)(O)SP(=O)(O)O. The minimum absolute atomic E-state index is 0.208. The zero-order valence-electron chi connectivity index (χ0n) is 4.46. The van der Waals surface area contributed by atoms with Crippen LogP contribution >= 0.6 is 24.4 Å². The maximum Gasteiger partial charge on any atom is 0.393 e. The second-order valence-electron chi connectivity index (χ2n) is 1.38. The van der Waals surface area contributed by atoms with Crippen LogP contribution in [0.3, 0.4) is 0 Å². The van der Waals surface area contributed by atoms with Gasteiger partial charge >= 0.3 is 6.80 Å². The number of hydrogen-bond acceptors (Lipinski definition) is 3. The molecule has 3 N–H and O–H groups in total. The van der Waals surface area contributed by atoms with E-state index in [9.17, 15) is 9.13 Å². The van der Waals surface area contributed by atoms with E-state index >= 15 is 0 Å². The number of hydrogen-bond donors (Lipinski definition) is 3. The van der Waals surface area contributed by atoms with Gasteiger partial charge in [0, 0.05) is 6.66 Å². The van der Waals surface area contributed by atoms with Gasteiger partial charge in [-0.25, -0.2) is 4.57 Å². The van der Waals surface area contributed by atoms with Crippen molar-refractivity contribution in [2.24, 2.45) is 0 Å². The highest BCUT2D eigenvalue weighted by Gasteiger charge is 2.25. The minimum Gasteiger partial charge on any atom is -0.337 e. The van der Waals surface area contributed by atoms with Crippen LogP contribution in [-0.4, -0.2) is 21.3 Å². The van der Waals surface area contributed by atoms with E-state index in [-0.39, 0.29) is 11.0 Å². The van der Waals surface area contributed by atoms with E-state index in [1.54, 1.807) is 0 Å². The molecule has 0 fully saturated rings. The second-order valence-corrected chi connectivity index (χ2v) is 9.54. The van der Waals surface area contributed by atoms with Crippen LogP contribution < -0.4 is 0 Å². The van der Waals surface area contributed by atoms with E-state index < -0.39 is 13.4 Å². The molecule has 0 radical (unpaired) electrons. The van der Waals surface area contributed by atoms with Crippen molar-refractivity contribution in [1.29, 1.82) is 0 Å². The molecule has 0 heterocycles. The molecule has 0 aromatic carbocycles. The lowest BCUT2D eigenvalue weighted by molar-refractivity contribution is 0.397. The van der Waals surface area contributed by atoms with E-state index in [2.05, 4.69) is 0 Å². The Bertz CT molecular complexity index is 155. The molecule has 0 aliphatic rings. The van der Waals surface area contributed by atoms with Gasteiger partial charge in [0.15, 0.2) is 0 Å². The van der Waals surface area contributed by atoms with Crippen molar-refractivity contribution in [3.8, 4) is 0 Å². The third-order valence-corrected chi connectivity index (χ3v) is 6.96. The van der Waals surface area contributed by atoms with E-state index in [0.29, 0.717) is 0 Å². The molecule has 0 amide bonds. The molecule has 0 rings (SSSR count). The van der Waals surface area contributed by atoms with Crippen molar-refractivity contribution in [2.45, 2.75) is 0 Å². The molecule has 8 heteroatoms. The fourth-order valence-corrected chi connectivity index (χ4v) is 5.33. The van der Waals surface area contributed by atoms with E-state index in [4.69, 9.17) is 14.7 Å². The molecule has 0 saturated carbocycles. The first-order valence-corrected chi connectivity index (χ1v) is 7.52. The van der Waals surface area contributed by atoms with E-state index in [0.717, 1.165) is 6.66 Å². The van der Waals surface area contributed by atoms with Gasteiger partial charge in [-0.3, -0.25) is 4.57 Å². The van der Waals surface area contributed by atoms with Crippen LogP contribution in [0, 0.1) is 0 Å². The van der Waals surface area contributed by atoms with Crippen LogP contribution in [0.15, 0.2) is 0 Å². The molecule has 1 unspecified atom stereocenters. The Kier molecular flexibility index (Phi) is 2.95. The van der Waals surface area contributed by atoms with Crippen LogP contribution in [0.4, 0.5) is 0 Å². The molecule has 0 aliphatic heterocycles. The summed E-state index contributed by atoms with van der Waals surface area (Å²) in [6.45, 7) is -7.15. The van der Waals surface area contributed by atoms with Gasteiger partial charge in [0.25, 0.3) is 6.57 Å². The quantitative estimate of drug-likeness (QED) is 0.555. The van der Waals surface area contributed by atoms with Crippen LogP contribution in [0.25, 0.3) is 0 Å². The van der Waals surface area contributed by atoms with Crippen LogP contribution in [-0.2, 0) is 9.13 Å². The molecule has 1 atom stereocenters. The summed E-state index contributed by atoms with van der Waals surface area (Å²) in [7, 11) is 0. The van der Waals surface area contributed by atoms with Crippen LogP contribution in [0.5, 0.6) is 0 Å². The predicted molar refractivity (Wildman–Crippen MR) is 35.4 cm³/mol. The van der Waals surface area contributed by atoms with Crippen molar-refractivity contribution >= 4 is 24.4 Å². The molecular formula is CH6O5P2S. The molecule has 0 aromatic rings. The lowest BCUT2D eigenvalue weighted by atomic mass is 12.0. The fraction of sp³-hybridized carbons (Fsp3) is 1.00. The Labute approximate surface area is 55.6 Å². The molecule has 0 aromatic heterocycles. The van der Waals surface area contributed by atoms with Crippen molar-refractivity contribution in [2.75, 3.05) is 6.66 Å². The summed E-state index contributed by atoms with van der Waals surface area (Å²) >= 11 is -0.208. The molecule has 5 nitrogen and oxygen atoms in total. The van der Waals surface area contributed by atoms with Gasteiger partial charge in [-0.2, -0.15) is 0 Å². The van der Waals surface area contributed by atoms with Crippen molar-refractivity contribution in [1.82, 2.24) is 0 Å². The average Bonchev–Trinajstić information content (AvgIpc) is 1.14. The topological polar surface area (TPSA) is 94.8 Å². The van der Waals surface area contributed by atoms with Gasteiger partial charge in [-0.05, 0) is 0 Å². The smallest absolute Gasteiger partial charge is 0.337 e.